The van der Waals surface area contributed by atoms with Crippen LogP contribution in [0.5, 0.6) is 0 Å². The molecule has 0 radical (unpaired) electrons. The molecule has 2 aromatic heterocycles. The van der Waals surface area contributed by atoms with Gasteiger partial charge in [0.2, 0.25) is 5.52 Å². The third-order valence-corrected chi connectivity index (χ3v) is 8.39. The van der Waals surface area contributed by atoms with Gasteiger partial charge in [-0.05, 0) is 68.7 Å². The summed E-state index contributed by atoms with van der Waals surface area (Å²) in [5.41, 5.74) is 2.72. The van der Waals surface area contributed by atoms with Crippen molar-refractivity contribution in [1.82, 2.24) is 0 Å². The zero-order valence-corrected chi connectivity index (χ0v) is 28.9. The molecule has 4 aromatic rings. The molecule has 0 saturated heterocycles. The van der Waals surface area contributed by atoms with E-state index in [1.807, 2.05) is 56.2 Å². The lowest BCUT2D eigenvalue weighted by Crippen LogP contribution is -2.39. The van der Waals surface area contributed by atoms with Gasteiger partial charge in [-0.2, -0.15) is 13.0 Å². The number of fused-ring (bicyclic) bond motifs is 2. The van der Waals surface area contributed by atoms with Crippen LogP contribution in [0.15, 0.2) is 68.8 Å². The molecule has 3 N–H and O–H groups in total. The summed E-state index contributed by atoms with van der Waals surface area (Å²) in [6.45, 7) is 6.58. The predicted octanol–water partition coefficient (Wildman–Crippen LogP) is 4.92. The zero-order chi connectivity index (χ0) is 35.6. The molecule has 2 aromatic carbocycles. The number of anilines is 1. The molecule has 13 heteroatoms. The summed E-state index contributed by atoms with van der Waals surface area (Å²) in [5.74, 6) is -1.57. The Kier molecular flexibility index (Phi) is 13.0. The quantitative estimate of drug-likeness (QED) is 0.0546. The highest BCUT2D eigenvalue weighted by molar-refractivity contribution is 7.85. The van der Waals surface area contributed by atoms with E-state index in [1.165, 1.54) is 12.1 Å². The first-order valence-corrected chi connectivity index (χ1v) is 17.1. The number of carbonyl (C=O) groups is 2. The van der Waals surface area contributed by atoms with Gasteiger partial charge in [-0.25, -0.2) is 9.59 Å². The second-order valence-corrected chi connectivity index (χ2v) is 13.8. The van der Waals surface area contributed by atoms with Gasteiger partial charge in [-0.3, -0.25) is 9.35 Å². The topological polar surface area (TPSA) is 166 Å². The van der Waals surface area contributed by atoms with Crippen molar-refractivity contribution in [3.8, 4) is 0 Å². The second kappa shape index (κ2) is 16.5. The number of pyridine rings is 1. The molecule has 4 rings (SSSR count). The first-order chi connectivity index (χ1) is 22.5. The fourth-order valence-electron chi connectivity index (χ4n) is 5.18. The van der Waals surface area contributed by atoms with Crippen molar-refractivity contribution in [2.75, 3.05) is 45.7 Å². The number of likely N-dealkylation sites (N-methyl/N-ethyl adjacent to an activating group) is 1. The number of carboxylic acid groups (broad SMARTS) is 2. The van der Waals surface area contributed by atoms with Gasteiger partial charge in [-0.15, -0.1) is 0 Å². The van der Waals surface area contributed by atoms with E-state index in [4.69, 9.17) is 14.6 Å². The van der Waals surface area contributed by atoms with Gasteiger partial charge >= 0.3 is 17.6 Å². The molecule has 48 heavy (non-hydrogen) atoms. The summed E-state index contributed by atoms with van der Waals surface area (Å²) in [7, 11) is 1.10. The number of nitrogens with zero attached hydrogens (tertiary/aromatic N) is 3. The molecule has 12 nitrogen and oxygen atoms in total. The Morgan fingerprint density at radius 3 is 2.17 bits per heavy atom. The van der Waals surface area contributed by atoms with Gasteiger partial charge in [0.05, 0.1) is 37.0 Å². The molecule has 0 spiro atoms. The van der Waals surface area contributed by atoms with E-state index in [1.54, 1.807) is 24.3 Å². The SMILES string of the molecule is CCN(CC)c1ccc2cc(/C=C/c3cc[n+](CCCCCC(=O)O)c4ccc(S(=O)(=O)O)cc34)c(=O)oc2c1.C[N+](C)(C)CC(=O)O. The number of quaternary nitrogens is 1. The van der Waals surface area contributed by atoms with Crippen molar-refractivity contribution >= 4 is 61.8 Å². The number of unbranched alkanes of at least 4 members (excludes halogenated alkanes) is 2. The van der Waals surface area contributed by atoms with Crippen molar-refractivity contribution < 1.29 is 46.2 Å². The Bertz CT molecular complexity index is 1960. The maximum atomic E-state index is 12.8. The van der Waals surface area contributed by atoms with Crippen LogP contribution < -0.4 is 15.1 Å². The van der Waals surface area contributed by atoms with Crippen LogP contribution in [-0.2, 0) is 26.3 Å². The van der Waals surface area contributed by atoms with E-state index in [0.29, 0.717) is 39.5 Å². The fourth-order valence-corrected chi connectivity index (χ4v) is 5.68. The van der Waals surface area contributed by atoms with Crippen LogP contribution >= 0.6 is 0 Å². The number of aromatic nitrogens is 1. The molecule has 258 valence electrons. The third kappa shape index (κ3) is 11.0. The summed E-state index contributed by atoms with van der Waals surface area (Å²) in [6, 6.07) is 13.7. The second-order valence-electron chi connectivity index (χ2n) is 12.4. The smallest absolute Gasteiger partial charge is 0.359 e. The molecule has 2 heterocycles. The number of rotatable bonds is 14. The van der Waals surface area contributed by atoms with Crippen molar-refractivity contribution in [3.05, 3.63) is 76.3 Å². The van der Waals surface area contributed by atoms with Crippen molar-refractivity contribution in [3.63, 3.8) is 0 Å². The van der Waals surface area contributed by atoms with E-state index in [0.717, 1.165) is 42.5 Å². The molecule has 0 aliphatic heterocycles. The lowest BCUT2D eigenvalue weighted by molar-refractivity contribution is -0.862. The van der Waals surface area contributed by atoms with Crippen LogP contribution in [0.2, 0.25) is 0 Å². The van der Waals surface area contributed by atoms with Crippen LogP contribution in [0, 0.1) is 0 Å². The largest absolute Gasteiger partial charge is 0.481 e. The van der Waals surface area contributed by atoms with Gasteiger partial charge in [-0.1, -0.05) is 6.08 Å². The lowest BCUT2D eigenvalue weighted by Gasteiger charge is -2.20. The predicted molar refractivity (Wildman–Crippen MR) is 186 cm³/mol. The molecule has 0 amide bonds. The molecule has 0 aliphatic carbocycles. The summed E-state index contributed by atoms with van der Waals surface area (Å²) in [5, 5.41) is 18.4. The van der Waals surface area contributed by atoms with E-state index < -0.39 is 27.7 Å². The van der Waals surface area contributed by atoms with Gasteiger partial charge in [0.1, 0.15) is 12.1 Å². The summed E-state index contributed by atoms with van der Waals surface area (Å²) in [6.07, 6.45) is 7.39. The van der Waals surface area contributed by atoms with Crippen molar-refractivity contribution in [1.29, 1.82) is 0 Å². The molecule has 0 saturated carbocycles. The Morgan fingerprint density at radius 2 is 1.58 bits per heavy atom. The van der Waals surface area contributed by atoms with Gasteiger partial charge in [0, 0.05) is 55.2 Å². The highest BCUT2D eigenvalue weighted by Gasteiger charge is 2.17. The summed E-state index contributed by atoms with van der Waals surface area (Å²) < 4.78 is 41.4. The van der Waals surface area contributed by atoms with Gasteiger partial charge in [0.15, 0.2) is 12.7 Å². The van der Waals surface area contributed by atoms with Gasteiger partial charge < -0.3 is 24.0 Å². The number of hydrogen-bond donors (Lipinski definition) is 3. The standard InChI is InChI=1S/C30H32N2O7S.C5H11NO2/c1-3-31(4-2)24-12-11-22-18-23(30(35)39-28(22)19-24)10-9-21-15-17-32(16-7-5-6-8-29(33)34)27-14-13-25(20-26(21)27)40(36,37)38;1-6(2,3)4-5(7)8/h9-15,17-20H,3-8,16H2,1-2H3,(H-,33,34,36,37,38);4H2,1-3H3/p+2. The Morgan fingerprint density at radius 1 is 0.896 bits per heavy atom. The first-order valence-electron chi connectivity index (χ1n) is 15.7. The van der Waals surface area contributed by atoms with E-state index in [-0.39, 0.29) is 17.9 Å². The van der Waals surface area contributed by atoms with Gasteiger partial charge in [0.25, 0.3) is 10.1 Å². The van der Waals surface area contributed by atoms with Crippen molar-refractivity contribution in [2.45, 2.75) is 51.0 Å². The number of aryl methyl sites for hydroxylation is 1. The number of benzene rings is 2. The molecule has 0 fully saturated rings. The molecule has 0 bridgehead atoms. The van der Waals surface area contributed by atoms with E-state index in [2.05, 4.69) is 18.7 Å². The molecule has 0 aliphatic rings. The van der Waals surface area contributed by atoms with Crippen molar-refractivity contribution in [2.24, 2.45) is 0 Å². The van der Waals surface area contributed by atoms with Crippen LogP contribution in [0.3, 0.4) is 0 Å². The van der Waals surface area contributed by atoms with Crippen LogP contribution in [0.25, 0.3) is 34.0 Å². The maximum absolute atomic E-state index is 12.8. The maximum Gasteiger partial charge on any atom is 0.359 e. The summed E-state index contributed by atoms with van der Waals surface area (Å²) >= 11 is 0. The van der Waals surface area contributed by atoms with Crippen LogP contribution in [0.1, 0.15) is 50.7 Å². The Balaban J connectivity index is 0.000000694. The first kappa shape index (κ1) is 37.9. The fraction of sp³-hybridized carbons (Fsp3) is 0.371. The zero-order valence-electron chi connectivity index (χ0n) is 28.0. The average molecular weight is 684 g/mol. The number of aliphatic carboxylic acids is 2. The average Bonchev–Trinajstić information content (AvgIpc) is 2.99. The molecular weight excluding hydrogens is 638 g/mol. The normalized spacial score (nSPS) is 11.9. The Hall–Kier alpha value is -4.59. The number of carboxylic acids is 2. The molecule has 0 unspecified atom stereocenters. The highest BCUT2D eigenvalue weighted by Crippen LogP contribution is 2.25. The Labute approximate surface area is 280 Å². The minimum Gasteiger partial charge on any atom is -0.481 e. The lowest BCUT2D eigenvalue weighted by atomic mass is 10.1. The van der Waals surface area contributed by atoms with E-state index >= 15 is 0 Å². The molecule has 0 atom stereocenters. The van der Waals surface area contributed by atoms with Crippen LogP contribution in [0.4, 0.5) is 5.69 Å². The molecular formula is C35H45N3O9S+2. The monoisotopic (exact) mass is 683 g/mol. The van der Waals surface area contributed by atoms with E-state index in [9.17, 15) is 27.4 Å². The third-order valence-electron chi connectivity index (χ3n) is 7.54. The summed E-state index contributed by atoms with van der Waals surface area (Å²) in [4.78, 5) is 35.5. The number of hydrogen-bond acceptors (Lipinski definition) is 7. The van der Waals surface area contributed by atoms with Crippen LogP contribution in [-0.4, -0.2) is 80.4 Å². The minimum absolute atomic E-state index is 0.118. The minimum atomic E-state index is -4.43. The highest BCUT2D eigenvalue weighted by atomic mass is 32.2.